The Kier molecular flexibility index (Phi) is 4.76. The molecule has 8 heteroatoms. The van der Waals surface area contributed by atoms with Crippen molar-refractivity contribution in [3.05, 3.63) is 24.3 Å². The van der Waals surface area contributed by atoms with Crippen LogP contribution in [0.4, 0.5) is 0 Å². The molecule has 0 unspecified atom stereocenters. The first-order valence-electron chi connectivity index (χ1n) is 9.30. The summed E-state index contributed by atoms with van der Waals surface area (Å²) in [7, 11) is 0. The van der Waals surface area contributed by atoms with Crippen LogP contribution in [0.25, 0.3) is 0 Å². The number of aromatic nitrogens is 6. The number of rotatable bonds is 6. The molecule has 2 aliphatic rings. The first-order valence-corrected chi connectivity index (χ1v) is 9.30. The van der Waals surface area contributed by atoms with E-state index in [4.69, 9.17) is 0 Å². The maximum Gasteiger partial charge on any atom is 0.222 e. The van der Waals surface area contributed by atoms with Gasteiger partial charge in [-0.05, 0) is 12.3 Å². The van der Waals surface area contributed by atoms with Crippen LogP contribution in [0.3, 0.4) is 0 Å². The summed E-state index contributed by atoms with van der Waals surface area (Å²) in [6.07, 6.45) is 13.6. The molecule has 3 heterocycles. The van der Waals surface area contributed by atoms with Crippen molar-refractivity contribution in [2.45, 2.75) is 57.5 Å². The van der Waals surface area contributed by atoms with Crippen molar-refractivity contribution in [2.75, 3.05) is 13.1 Å². The number of carbonyl (C=O) groups excluding carboxylic acids is 1. The lowest BCUT2D eigenvalue weighted by Gasteiger charge is -2.39. The van der Waals surface area contributed by atoms with Gasteiger partial charge in [-0.15, -0.1) is 5.10 Å². The van der Waals surface area contributed by atoms with Crippen LogP contribution in [0.15, 0.2) is 18.6 Å². The van der Waals surface area contributed by atoms with E-state index in [1.165, 1.54) is 32.1 Å². The highest BCUT2D eigenvalue weighted by Crippen LogP contribution is 2.28. The Morgan fingerprint density at radius 1 is 1.12 bits per heavy atom. The fourth-order valence-electron chi connectivity index (χ4n) is 3.82. The molecule has 2 aromatic heterocycles. The summed E-state index contributed by atoms with van der Waals surface area (Å²) in [5.74, 6) is 1.06. The van der Waals surface area contributed by atoms with E-state index in [1.807, 2.05) is 15.8 Å². The molecule has 0 atom stereocenters. The Morgan fingerprint density at radius 2 is 1.88 bits per heavy atom. The van der Waals surface area contributed by atoms with Crippen molar-refractivity contribution in [3.63, 3.8) is 0 Å². The molecule has 0 spiro atoms. The Bertz CT molecular complexity index is 684. The highest BCUT2D eigenvalue weighted by molar-refractivity contribution is 5.77. The Labute approximate surface area is 147 Å². The van der Waals surface area contributed by atoms with Crippen LogP contribution in [0.5, 0.6) is 0 Å². The second-order valence-electron chi connectivity index (χ2n) is 7.24. The maximum atomic E-state index is 12.3. The van der Waals surface area contributed by atoms with Gasteiger partial charge in [-0.25, -0.2) is 4.68 Å². The van der Waals surface area contributed by atoms with Crippen LogP contribution in [-0.2, 0) is 11.3 Å². The van der Waals surface area contributed by atoms with Gasteiger partial charge in [0.15, 0.2) is 0 Å². The fraction of sp³-hybridized carbons (Fsp3) is 0.706. The lowest BCUT2D eigenvalue weighted by atomic mass is 9.86. The van der Waals surface area contributed by atoms with Gasteiger partial charge in [0, 0.05) is 19.5 Å². The fourth-order valence-corrected chi connectivity index (χ4v) is 3.82. The van der Waals surface area contributed by atoms with Crippen LogP contribution in [0, 0.1) is 5.92 Å². The Balaban J connectivity index is 1.21. The van der Waals surface area contributed by atoms with E-state index in [-0.39, 0.29) is 6.04 Å². The van der Waals surface area contributed by atoms with Crippen LogP contribution in [-0.4, -0.2) is 53.9 Å². The molecule has 1 amide bonds. The van der Waals surface area contributed by atoms with E-state index in [1.54, 1.807) is 17.2 Å². The second kappa shape index (κ2) is 7.33. The Morgan fingerprint density at radius 3 is 2.64 bits per heavy atom. The van der Waals surface area contributed by atoms with Crippen LogP contribution in [0.2, 0.25) is 0 Å². The lowest BCUT2D eigenvalue weighted by Crippen LogP contribution is -2.50. The molecular weight excluding hydrogens is 318 g/mol. The smallest absolute Gasteiger partial charge is 0.222 e. The van der Waals surface area contributed by atoms with Crippen molar-refractivity contribution >= 4 is 5.91 Å². The molecule has 1 aliphatic heterocycles. The van der Waals surface area contributed by atoms with Gasteiger partial charge in [-0.1, -0.05) is 37.3 Å². The monoisotopic (exact) mass is 343 g/mol. The van der Waals surface area contributed by atoms with Crippen molar-refractivity contribution in [2.24, 2.45) is 5.92 Å². The van der Waals surface area contributed by atoms with Crippen LogP contribution < -0.4 is 0 Å². The maximum absolute atomic E-state index is 12.3. The zero-order chi connectivity index (χ0) is 17.1. The average molecular weight is 343 g/mol. The third-order valence-electron chi connectivity index (χ3n) is 5.41. The molecule has 25 heavy (non-hydrogen) atoms. The summed E-state index contributed by atoms with van der Waals surface area (Å²) in [6.45, 7) is 2.00. The first kappa shape index (κ1) is 16.2. The highest BCUT2D eigenvalue weighted by atomic mass is 16.2. The van der Waals surface area contributed by atoms with Gasteiger partial charge in [-0.3, -0.25) is 4.79 Å². The number of hydrogen-bond donors (Lipinski definition) is 0. The third-order valence-corrected chi connectivity index (χ3v) is 5.41. The van der Waals surface area contributed by atoms with E-state index in [2.05, 4.69) is 20.5 Å². The van der Waals surface area contributed by atoms with Gasteiger partial charge in [0.1, 0.15) is 12.2 Å². The molecule has 1 saturated carbocycles. The van der Waals surface area contributed by atoms with Crippen LogP contribution >= 0.6 is 0 Å². The zero-order valence-electron chi connectivity index (χ0n) is 14.5. The van der Waals surface area contributed by atoms with E-state index in [0.717, 1.165) is 31.1 Å². The first-order chi connectivity index (χ1) is 12.3. The summed E-state index contributed by atoms with van der Waals surface area (Å²) in [4.78, 5) is 15.9. The predicted molar refractivity (Wildman–Crippen MR) is 90.6 cm³/mol. The largest absolute Gasteiger partial charge is 0.338 e. The minimum Gasteiger partial charge on any atom is -0.338 e. The molecule has 0 bridgehead atoms. The van der Waals surface area contributed by atoms with Crippen molar-refractivity contribution in [1.29, 1.82) is 0 Å². The Hall–Kier alpha value is -2.25. The van der Waals surface area contributed by atoms with E-state index >= 15 is 0 Å². The summed E-state index contributed by atoms with van der Waals surface area (Å²) >= 11 is 0. The topological polar surface area (TPSA) is 81.7 Å². The SMILES string of the molecule is O=C(CCC1CCCCC1)N1CC(n2cc(Cn3nccn3)nn2)C1. The second-order valence-corrected chi connectivity index (χ2v) is 7.24. The van der Waals surface area contributed by atoms with E-state index < -0.39 is 0 Å². The van der Waals surface area contributed by atoms with Crippen LogP contribution in [0.1, 0.15) is 56.7 Å². The molecule has 0 aromatic carbocycles. The molecule has 2 fully saturated rings. The quantitative estimate of drug-likeness (QED) is 0.797. The summed E-state index contributed by atoms with van der Waals surface area (Å²) in [6, 6.07) is 0.241. The minimum absolute atomic E-state index is 0.241. The van der Waals surface area contributed by atoms with Crippen molar-refractivity contribution in [3.8, 4) is 0 Å². The van der Waals surface area contributed by atoms with Gasteiger partial charge >= 0.3 is 0 Å². The third kappa shape index (κ3) is 3.88. The molecule has 1 aliphatic carbocycles. The number of likely N-dealkylation sites (tertiary alicyclic amines) is 1. The molecule has 0 N–H and O–H groups in total. The standard InChI is InChI=1S/C17H25N7O/c25-17(7-6-14-4-2-1-3-5-14)22-12-16(13-22)23-10-15(20-21-23)11-24-18-8-9-19-24/h8-10,14,16H,1-7,11-13H2. The van der Waals surface area contributed by atoms with Crippen molar-refractivity contribution < 1.29 is 4.79 Å². The van der Waals surface area contributed by atoms with Gasteiger partial charge in [-0.2, -0.15) is 15.0 Å². The lowest BCUT2D eigenvalue weighted by molar-refractivity contribution is -0.137. The number of carbonyl (C=O) groups is 1. The zero-order valence-corrected chi connectivity index (χ0v) is 14.5. The average Bonchev–Trinajstić information content (AvgIpc) is 3.25. The highest BCUT2D eigenvalue weighted by Gasteiger charge is 2.32. The molecule has 4 rings (SSSR count). The number of nitrogens with zero attached hydrogens (tertiary/aromatic N) is 7. The summed E-state index contributed by atoms with van der Waals surface area (Å²) in [5, 5.41) is 16.5. The minimum atomic E-state index is 0.241. The molecule has 0 radical (unpaired) electrons. The molecule has 2 aromatic rings. The molecule has 8 nitrogen and oxygen atoms in total. The number of hydrogen-bond acceptors (Lipinski definition) is 5. The summed E-state index contributed by atoms with van der Waals surface area (Å²) < 4.78 is 1.86. The van der Waals surface area contributed by atoms with E-state index in [0.29, 0.717) is 18.9 Å². The molecule has 1 saturated heterocycles. The molecular formula is C17H25N7O. The predicted octanol–water partition coefficient (Wildman–Crippen LogP) is 1.66. The normalized spacial score (nSPS) is 19.1. The van der Waals surface area contributed by atoms with Crippen molar-refractivity contribution in [1.82, 2.24) is 34.9 Å². The van der Waals surface area contributed by atoms with Gasteiger partial charge in [0.25, 0.3) is 0 Å². The summed E-state index contributed by atoms with van der Waals surface area (Å²) in [5.41, 5.74) is 0.832. The molecule has 134 valence electrons. The van der Waals surface area contributed by atoms with Gasteiger partial charge in [0.2, 0.25) is 5.91 Å². The van der Waals surface area contributed by atoms with Gasteiger partial charge in [0.05, 0.1) is 24.6 Å². The van der Waals surface area contributed by atoms with E-state index in [9.17, 15) is 4.79 Å². The number of amides is 1. The van der Waals surface area contributed by atoms with Gasteiger partial charge < -0.3 is 4.90 Å².